The molecule has 0 aliphatic carbocycles. The molecular formula is C14H17N3O2. The lowest BCUT2D eigenvalue weighted by atomic mass is 10.3. The second-order valence-electron chi connectivity index (χ2n) is 4.09. The number of likely N-dealkylation sites (N-methyl/N-ethyl adjacent to an activating group) is 1. The lowest BCUT2D eigenvalue weighted by Gasteiger charge is -2.17. The molecular weight excluding hydrogens is 242 g/mol. The van der Waals surface area contributed by atoms with Crippen molar-refractivity contribution in [2.75, 3.05) is 19.7 Å². The molecule has 1 amide bonds. The number of benzene rings is 1. The fourth-order valence-electron chi connectivity index (χ4n) is 1.85. The minimum atomic E-state index is -0.161. The van der Waals surface area contributed by atoms with Gasteiger partial charge in [-0.3, -0.25) is 4.79 Å². The minimum Gasteiger partial charge on any atom is -0.395 e. The van der Waals surface area contributed by atoms with Crippen LogP contribution in [0.3, 0.4) is 0 Å². The summed E-state index contributed by atoms with van der Waals surface area (Å²) in [6, 6.07) is 11.3. The molecule has 5 heteroatoms. The van der Waals surface area contributed by atoms with Crippen molar-refractivity contribution in [3.05, 3.63) is 48.3 Å². The van der Waals surface area contributed by atoms with Crippen LogP contribution in [0, 0.1) is 0 Å². The number of hydrogen-bond donors (Lipinski definition) is 1. The van der Waals surface area contributed by atoms with Gasteiger partial charge in [0.1, 0.15) is 0 Å². The van der Waals surface area contributed by atoms with Gasteiger partial charge in [0, 0.05) is 19.3 Å². The van der Waals surface area contributed by atoms with E-state index >= 15 is 0 Å². The smallest absolute Gasteiger partial charge is 0.274 e. The van der Waals surface area contributed by atoms with Crippen LogP contribution in [-0.4, -0.2) is 45.4 Å². The summed E-state index contributed by atoms with van der Waals surface area (Å²) >= 11 is 0. The molecule has 1 heterocycles. The average Bonchev–Trinajstić information content (AvgIpc) is 2.95. The van der Waals surface area contributed by atoms with Gasteiger partial charge in [0.05, 0.1) is 12.3 Å². The second kappa shape index (κ2) is 6.15. The first-order chi connectivity index (χ1) is 9.26. The number of hydrogen-bond acceptors (Lipinski definition) is 3. The number of carbonyl (C=O) groups excluding carboxylic acids is 1. The third kappa shape index (κ3) is 3.00. The highest BCUT2D eigenvalue weighted by Gasteiger charge is 2.16. The van der Waals surface area contributed by atoms with Gasteiger partial charge >= 0.3 is 0 Å². The first kappa shape index (κ1) is 13.3. The van der Waals surface area contributed by atoms with Crippen molar-refractivity contribution in [2.45, 2.75) is 6.92 Å². The summed E-state index contributed by atoms with van der Waals surface area (Å²) in [6.07, 6.45) is 1.76. The van der Waals surface area contributed by atoms with Gasteiger partial charge in [0.15, 0.2) is 5.69 Å². The van der Waals surface area contributed by atoms with Crippen LogP contribution in [-0.2, 0) is 0 Å². The van der Waals surface area contributed by atoms with Crippen LogP contribution in [0.4, 0.5) is 0 Å². The number of para-hydroxylation sites is 1. The molecule has 0 bridgehead atoms. The fourth-order valence-corrected chi connectivity index (χ4v) is 1.85. The van der Waals surface area contributed by atoms with Gasteiger partial charge in [-0.15, -0.1) is 0 Å². The van der Waals surface area contributed by atoms with Gasteiger partial charge in [-0.25, -0.2) is 4.68 Å². The van der Waals surface area contributed by atoms with Gasteiger partial charge in [-0.1, -0.05) is 18.2 Å². The Morgan fingerprint density at radius 2 is 2.05 bits per heavy atom. The van der Waals surface area contributed by atoms with E-state index in [1.807, 2.05) is 37.3 Å². The number of aromatic nitrogens is 2. The number of nitrogens with zero attached hydrogens (tertiary/aromatic N) is 3. The maximum Gasteiger partial charge on any atom is 0.274 e. The molecule has 0 atom stereocenters. The highest BCUT2D eigenvalue weighted by Crippen LogP contribution is 2.08. The van der Waals surface area contributed by atoms with E-state index in [9.17, 15) is 4.79 Å². The van der Waals surface area contributed by atoms with Crippen molar-refractivity contribution >= 4 is 5.91 Å². The molecule has 0 unspecified atom stereocenters. The molecule has 0 spiro atoms. The van der Waals surface area contributed by atoms with Crippen molar-refractivity contribution in [1.82, 2.24) is 14.7 Å². The zero-order chi connectivity index (χ0) is 13.7. The lowest BCUT2D eigenvalue weighted by molar-refractivity contribution is 0.0725. The van der Waals surface area contributed by atoms with Gasteiger partial charge in [0.2, 0.25) is 0 Å². The zero-order valence-electron chi connectivity index (χ0n) is 10.9. The van der Waals surface area contributed by atoms with E-state index in [0.29, 0.717) is 18.8 Å². The Hall–Kier alpha value is -2.14. The molecule has 1 aromatic heterocycles. The number of aliphatic hydroxyl groups excluding tert-OH is 1. The highest BCUT2D eigenvalue weighted by atomic mass is 16.3. The van der Waals surface area contributed by atoms with Crippen LogP contribution in [0.5, 0.6) is 0 Å². The molecule has 2 aromatic rings. The van der Waals surface area contributed by atoms with Crippen molar-refractivity contribution in [1.29, 1.82) is 0 Å². The van der Waals surface area contributed by atoms with Crippen LogP contribution < -0.4 is 0 Å². The third-order valence-electron chi connectivity index (χ3n) is 2.87. The molecule has 2 rings (SSSR count). The van der Waals surface area contributed by atoms with Crippen LogP contribution in [0.2, 0.25) is 0 Å². The van der Waals surface area contributed by atoms with Crippen LogP contribution in [0.1, 0.15) is 17.4 Å². The number of amides is 1. The van der Waals surface area contributed by atoms with Crippen molar-refractivity contribution in [2.24, 2.45) is 0 Å². The van der Waals surface area contributed by atoms with Crippen LogP contribution in [0.25, 0.3) is 5.69 Å². The monoisotopic (exact) mass is 259 g/mol. The van der Waals surface area contributed by atoms with Gasteiger partial charge in [0.25, 0.3) is 5.91 Å². The first-order valence-corrected chi connectivity index (χ1v) is 6.27. The SMILES string of the molecule is CCN(CCO)C(=O)c1ccn(-c2ccccc2)n1. The van der Waals surface area contributed by atoms with E-state index in [0.717, 1.165) is 5.69 Å². The Balaban J connectivity index is 2.19. The molecule has 0 aliphatic rings. The van der Waals surface area contributed by atoms with Crippen LogP contribution in [0.15, 0.2) is 42.6 Å². The molecule has 0 radical (unpaired) electrons. The summed E-state index contributed by atoms with van der Waals surface area (Å²) in [7, 11) is 0. The number of carbonyl (C=O) groups is 1. The maximum absolute atomic E-state index is 12.1. The molecule has 0 aliphatic heterocycles. The molecule has 19 heavy (non-hydrogen) atoms. The molecule has 1 aromatic carbocycles. The lowest BCUT2D eigenvalue weighted by Crippen LogP contribution is -2.33. The number of rotatable bonds is 5. The Morgan fingerprint density at radius 3 is 2.68 bits per heavy atom. The first-order valence-electron chi connectivity index (χ1n) is 6.27. The Morgan fingerprint density at radius 1 is 1.32 bits per heavy atom. The largest absolute Gasteiger partial charge is 0.395 e. The minimum absolute atomic E-state index is 0.0427. The summed E-state index contributed by atoms with van der Waals surface area (Å²) < 4.78 is 1.67. The summed E-state index contributed by atoms with van der Waals surface area (Å²) in [5, 5.41) is 13.2. The molecule has 0 saturated heterocycles. The van der Waals surface area contributed by atoms with Crippen LogP contribution >= 0.6 is 0 Å². The zero-order valence-corrected chi connectivity index (χ0v) is 10.9. The van der Waals surface area contributed by atoms with E-state index in [1.54, 1.807) is 21.8 Å². The summed E-state index contributed by atoms with van der Waals surface area (Å²) in [6.45, 7) is 2.71. The van der Waals surface area contributed by atoms with E-state index in [2.05, 4.69) is 5.10 Å². The van der Waals surface area contributed by atoms with E-state index in [4.69, 9.17) is 5.11 Å². The fraction of sp³-hybridized carbons (Fsp3) is 0.286. The Labute approximate surface area is 112 Å². The van der Waals surface area contributed by atoms with E-state index in [1.165, 1.54) is 0 Å². The van der Waals surface area contributed by atoms with Gasteiger partial charge < -0.3 is 10.0 Å². The summed E-state index contributed by atoms with van der Waals surface area (Å²) in [4.78, 5) is 13.7. The Kier molecular flexibility index (Phi) is 4.30. The number of aliphatic hydroxyl groups is 1. The summed E-state index contributed by atoms with van der Waals surface area (Å²) in [5.74, 6) is -0.161. The maximum atomic E-state index is 12.1. The van der Waals surface area contributed by atoms with E-state index < -0.39 is 0 Å². The normalized spacial score (nSPS) is 10.4. The molecule has 100 valence electrons. The summed E-state index contributed by atoms with van der Waals surface area (Å²) in [5.41, 5.74) is 1.30. The van der Waals surface area contributed by atoms with Crippen molar-refractivity contribution in [3.63, 3.8) is 0 Å². The molecule has 1 N–H and O–H groups in total. The Bertz CT molecular complexity index is 537. The predicted octanol–water partition coefficient (Wildman–Crippen LogP) is 1.33. The van der Waals surface area contributed by atoms with Gasteiger partial charge in [-0.2, -0.15) is 5.10 Å². The standard InChI is InChI=1S/C14H17N3O2/c1-2-16(10-11-18)14(19)13-8-9-17(15-13)12-6-4-3-5-7-12/h3-9,18H,2,10-11H2,1H3. The van der Waals surface area contributed by atoms with Gasteiger partial charge in [-0.05, 0) is 25.1 Å². The molecule has 5 nitrogen and oxygen atoms in total. The topological polar surface area (TPSA) is 58.4 Å². The van der Waals surface area contributed by atoms with Crippen molar-refractivity contribution < 1.29 is 9.90 Å². The second-order valence-corrected chi connectivity index (χ2v) is 4.09. The molecule has 0 fully saturated rings. The predicted molar refractivity (Wildman–Crippen MR) is 72.2 cm³/mol. The van der Waals surface area contributed by atoms with Crippen molar-refractivity contribution in [3.8, 4) is 5.69 Å². The average molecular weight is 259 g/mol. The molecule has 0 saturated carbocycles. The highest BCUT2D eigenvalue weighted by molar-refractivity contribution is 5.92. The third-order valence-corrected chi connectivity index (χ3v) is 2.87. The van der Waals surface area contributed by atoms with E-state index in [-0.39, 0.29) is 12.5 Å². The quantitative estimate of drug-likeness (QED) is 0.881.